The maximum atomic E-state index is 13.7. The second-order valence-electron chi connectivity index (χ2n) is 4.67. The third kappa shape index (κ3) is 3.87. The quantitative estimate of drug-likeness (QED) is 0.683. The Kier molecular flexibility index (Phi) is 4.73. The Morgan fingerprint density at radius 2 is 1.75 bits per heavy atom. The fraction of sp³-hybridized carbons (Fsp3) is 0. The van der Waals surface area contributed by atoms with Crippen molar-refractivity contribution < 1.29 is 8.78 Å². The third-order valence-electron chi connectivity index (χ3n) is 2.93. The molecule has 0 aliphatic carbocycles. The highest BCUT2D eigenvalue weighted by Crippen LogP contribution is 2.26. The molecule has 0 amide bonds. The van der Waals surface area contributed by atoms with Crippen LogP contribution in [0.2, 0.25) is 10.0 Å². The largest absolute Gasteiger partial charge is 0.336 e. The number of rotatable bonds is 4. The molecule has 2 aromatic carbocycles. The Labute approximate surface area is 145 Å². The Hall–Kier alpha value is -2.51. The number of aromatic nitrogens is 3. The number of anilines is 4. The van der Waals surface area contributed by atoms with Gasteiger partial charge in [0.2, 0.25) is 5.95 Å². The SMILES string of the molecule is Fc1ccc(Nc2cnnc(Nc3ccc(Cl)c(Cl)c3)n2)c(F)c1. The van der Waals surface area contributed by atoms with E-state index >= 15 is 0 Å². The molecule has 2 N–H and O–H groups in total. The second kappa shape index (κ2) is 6.94. The van der Waals surface area contributed by atoms with E-state index in [1.807, 2.05) is 0 Å². The van der Waals surface area contributed by atoms with Gasteiger partial charge in [0, 0.05) is 11.8 Å². The fourth-order valence-electron chi connectivity index (χ4n) is 1.85. The molecule has 0 unspecified atom stereocenters. The van der Waals surface area contributed by atoms with Gasteiger partial charge in [0.1, 0.15) is 11.6 Å². The van der Waals surface area contributed by atoms with E-state index in [9.17, 15) is 8.78 Å². The zero-order chi connectivity index (χ0) is 17.1. The van der Waals surface area contributed by atoms with Crippen LogP contribution in [0.3, 0.4) is 0 Å². The lowest BCUT2D eigenvalue weighted by Gasteiger charge is -2.09. The maximum Gasteiger partial charge on any atom is 0.249 e. The van der Waals surface area contributed by atoms with Crippen molar-refractivity contribution in [3.63, 3.8) is 0 Å². The minimum Gasteiger partial charge on any atom is -0.336 e. The van der Waals surface area contributed by atoms with Gasteiger partial charge < -0.3 is 10.6 Å². The van der Waals surface area contributed by atoms with E-state index in [0.29, 0.717) is 15.7 Å². The van der Waals surface area contributed by atoms with E-state index in [-0.39, 0.29) is 17.5 Å². The van der Waals surface area contributed by atoms with Crippen LogP contribution in [0.5, 0.6) is 0 Å². The van der Waals surface area contributed by atoms with Gasteiger partial charge in [-0.3, -0.25) is 0 Å². The summed E-state index contributed by atoms with van der Waals surface area (Å²) in [5.74, 6) is -1.01. The molecule has 0 atom stereocenters. The zero-order valence-electron chi connectivity index (χ0n) is 11.9. The van der Waals surface area contributed by atoms with Crippen LogP contribution in [0, 0.1) is 11.6 Å². The van der Waals surface area contributed by atoms with Crippen molar-refractivity contribution in [1.29, 1.82) is 0 Å². The van der Waals surface area contributed by atoms with E-state index in [1.54, 1.807) is 18.2 Å². The second-order valence-corrected chi connectivity index (χ2v) is 5.48. The monoisotopic (exact) mass is 367 g/mol. The molecule has 122 valence electrons. The Bertz CT molecular complexity index is 891. The topological polar surface area (TPSA) is 62.7 Å². The molecule has 5 nitrogen and oxygen atoms in total. The van der Waals surface area contributed by atoms with Crippen LogP contribution in [0.15, 0.2) is 42.6 Å². The number of nitrogens with zero attached hydrogens (tertiary/aromatic N) is 3. The van der Waals surface area contributed by atoms with Gasteiger partial charge in [-0.1, -0.05) is 23.2 Å². The number of nitrogens with one attached hydrogen (secondary N) is 2. The van der Waals surface area contributed by atoms with Crippen molar-refractivity contribution in [2.24, 2.45) is 0 Å². The molecule has 0 fully saturated rings. The Morgan fingerprint density at radius 3 is 2.50 bits per heavy atom. The molecule has 3 aromatic rings. The normalized spacial score (nSPS) is 10.5. The summed E-state index contributed by atoms with van der Waals surface area (Å²) in [7, 11) is 0. The molecule has 3 rings (SSSR count). The van der Waals surface area contributed by atoms with Gasteiger partial charge in [-0.25, -0.2) is 8.78 Å². The molecule has 0 bridgehead atoms. The highest BCUT2D eigenvalue weighted by atomic mass is 35.5. The predicted octanol–water partition coefficient (Wildman–Crippen LogP) is 4.94. The molecular weight excluding hydrogens is 359 g/mol. The first-order valence-electron chi connectivity index (χ1n) is 6.65. The van der Waals surface area contributed by atoms with Crippen molar-refractivity contribution in [2.45, 2.75) is 0 Å². The summed E-state index contributed by atoms with van der Waals surface area (Å²) in [4.78, 5) is 4.15. The van der Waals surface area contributed by atoms with Gasteiger partial charge in [-0.05, 0) is 30.3 Å². The zero-order valence-corrected chi connectivity index (χ0v) is 13.4. The van der Waals surface area contributed by atoms with Gasteiger partial charge in [0.25, 0.3) is 0 Å². The molecule has 1 heterocycles. The van der Waals surface area contributed by atoms with Crippen LogP contribution in [-0.2, 0) is 0 Å². The van der Waals surface area contributed by atoms with E-state index in [0.717, 1.165) is 12.1 Å². The molecular formula is C15H9Cl2F2N5. The predicted molar refractivity (Wildman–Crippen MR) is 89.2 cm³/mol. The van der Waals surface area contributed by atoms with Crippen LogP contribution in [0.1, 0.15) is 0 Å². The summed E-state index contributed by atoms with van der Waals surface area (Å²) < 4.78 is 26.6. The lowest BCUT2D eigenvalue weighted by atomic mass is 10.3. The summed E-state index contributed by atoms with van der Waals surface area (Å²) in [6, 6.07) is 8.08. The lowest BCUT2D eigenvalue weighted by molar-refractivity contribution is 0.586. The number of benzene rings is 2. The Balaban J connectivity index is 1.79. The third-order valence-corrected chi connectivity index (χ3v) is 3.67. The van der Waals surface area contributed by atoms with Gasteiger partial charge >= 0.3 is 0 Å². The van der Waals surface area contributed by atoms with Crippen molar-refractivity contribution in [3.05, 3.63) is 64.3 Å². The molecule has 0 spiro atoms. The molecule has 9 heteroatoms. The molecule has 0 saturated carbocycles. The maximum absolute atomic E-state index is 13.7. The summed E-state index contributed by atoms with van der Waals surface area (Å²) in [5.41, 5.74) is 0.675. The molecule has 1 aromatic heterocycles. The van der Waals surface area contributed by atoms with E-state index in [1.165, 1.54) is 12.3 Å². The van der Waals surface area contributed by atoms with Gasteiger partial charge in [0.05, 0.1) is 21.9 Å². The summed E-state index contributed by atoms with van der Waals surface area (Å²) >= 11 is 11.8. The van der Waals surface area contributed by atoms with Crippen LogP contribution >= 0.6 is 23.2 Å². The minimum absolute atomic E-state index is 0.0670. The number of hydrogen-bond acceptors (Lipinski definition) is 5. The van der Waals surface area contributed by atoms with Gasteiger partial charge in [0.15, 0.2) is 5.82 Å². The average molecular weight is 368 g/mol. The van der Waals surface area contributed by atoms with Crippen molar-refractivity contribution >= 4 is 46.3 Å². The summed E-state index contributed by atoms with van der Waals surface area (Å²) in [6.45, 7) is 0. The van der Waals surface area contributed by atoms with Crippen LogP contribution in [0.25, 0.3) is 0 Å². The summed E-state index contributed by atoms with van der Waals surface area (Å²) in [6.07, 6.45) is 1.31. The highest BCUT2D eigenvalue weighted by Gasteiger charge is 2.07. The molecule has 24 heavy (non-hydrogen) atoms. The van der Waals surface area contributed by atoms with Crippen molar-refractivity contribution in [3.8, 4) is 0 Å². The van der Waals surface area contributed by atoms with Gasteiger partial charge in [-0.15, -0.1) is 5.10 Å². The average Bonchev–Trinajstić information content (AvgIpc) is 2.54. The van der Waals surface area contributed by atoms with Crippen molar-refractivity contribution in [1.82, 2.24) is 15.2 Å². The fourth-order valence-corrected chi connectivity index (χ4v) is 2.15. The van der Waals surface area contributed by atoms with Crippen LogP contribution in [0.4, 0.5) is 31.9 Å². The summed E-state index contributed by atoms with van der Waals surface area (Å²) in [5, 5.41) is 14.0. The first-order chi connectivity index (χ1) is 11.5. The Morgan fingerprint density at radius 1 is 0.917 bits per heavy atom. The highest BCUT2D eigenvalue weighted by molar-refractivity contribution is 6.42. The molecule has 0 saturated heterocycles. The molecule has 0 aliphatic heterocycles. The van der Waals surface area contributed by atoms with E-state index in [2.05, 4.69) is 25.8 Å². The van der Waals surface area contributed by atoms with E-state index in [4.69, 9.17) is 23.2 Å². The standard InChI is InChI=1S/C15H9Cl2F2N5/c16-10-3-2-9(6-11(10)17)21-15-23-14(7-20-24-15)22-13-4-1-8(18)5-12(13)19/h1-7H,(H2,21,22,23,24). The first-order valence-corrected chi connectivity index (χ1v) is 7.41. The number of halogens is 4. The molecule has 0 radical (unpaired) electrons. The minimum atomic E-state index is -0.743. The first kappa shape index (κ1) is 16.4. The van der Waals surface area contributed by atoms with Crippen LogP contribution in [-0.4, -0.2) is 15.2 Å². The number of hydrogen-bond donors (Lipinski definition) is 2. The van der Waals surface area contributed by atoms with Gasteiger partial charge in [-0.2, -0.15) is 10.1 Å². The van der Waals surface area contributed by atoms with Crippen molar-refractivity contribution in [2.75, 3.05) is 10.6 Å². The van der Waals surface area contributed by atoms with E-state index < -0.39 is 11.6 Å². The lowest BCUT2D eigenvalue weighted by Crippen LogP contribution is -2.03. The molecule has 0 aliphatic rings. The van der Waals surface area contributed by atoms with Crippen LogP contribution < -0.4 is 10.6 Å². The smallest absolute Gasteiger partial charge is 0.249 e.